The number of rotatable bonds is 12. The maximum absolute atomic E-state index is 4.99. The smallest absolute Gasteiger partial charge is 0.0607 e. The van der Waals surface area contributed by atoms with Crippen molar-refractivity contribution in [2.75, 3.05) is 26.2 Å². The minimum atomic E-state index is 0.399. The van der Waals surface area contributed by atoms with Crippen LogP contribution in [0.4, 0.5) is 0 Å². The molecular formula is C34H42N4. The third-order valence-electron chi connectivity index (χ3n) is 9.38. The molecule has 0 saturated heterocycles. The molecule has 2 heterocycles. The number of hydrogen-bond acceptors (Lipinski definition) is 4. The first-order valence-electron chi connectivity index (χ1n) is 15.3. The Kier molecular flexibility index (Phi) is 7.02. The van der Waals surface area contributed by atoms with Gasteiger partial charge in [0.1, 0.15) is 0 Å². The molecule has 0 bridgehead atoms. The molecule has 4 nitrogen and oxygen atoms in total. The van der Waals surface area contributed by atoms with Crippen molar-refractivity contribution in [2.24, 2.45) is 11.8 Å². The summed E-state index contributed by atoms with van der Waals surface area (Å²) in [6, 6.07) is 15.9. The molecule has 3 aromatic rings. The number of nitrogens with zero attached hydrogens (tertiary/aromatic N) is 4. The van der Waals surface area contributed by atoms with Crippen LogP contribution in [0.1, 0.15) is 85.5 Å². The predicted molar refractivity (Wildman–Crippen MR) is 154 cm³/mol. The molecule has 4 heteroatoms. The predicted octanol–water partition coefficient (Wildman–Crippen LogP) is 6.83. The second-order valence-corrected chi connectivity index (χ2v) is 12.4. The first-order chi connectivity index (χ1) is 18.8. The summed E-state index contributed by atoms with van der Waals surface area (Å²) in [4.78, 5) is 15.5. The monoisotopic (exact) mass is 506 g/mol. The van der Waals surface area contributed by atoms with E-state index in [9.17, 15) is 0 Å². The van der Waals surface area contributed by atoms with Gasteiger partial charge in [-0.15, -0.1) is 0 Å². The topological polar surface area (TPSA) is 32.3 Å². The molecule has 7 rings (SSSR count). The molecule has 0 spiro atoms. The van der Waals surface area contributed by atoms with Gasteiger partial charge in [-0.25, -0.2) is 0 Å². The summed E-state index contributed by atoms with van der Waals surface area (Å²) < 4.78 is 0. The number of hydrogen-bond donors (Lipinski definition) is 0. The van der Waals surface area contributed by atoms with Gasteiger partial charge >= 0.3 is 0 Å². The Morgan fingerprint density at radius 1 is 0.737 bits per heavy atom. The number of aromatic nitrogens is 2. The zero-order valence-electron chi connectivity index (χ0n) is 22.8. The third-order valence-corrected chi connectivity index (χ3v) is 9.38. The van der Waals surface area contributed by atoms with E-state index < -0.39 is 0 Å². The van der Waals surface area contributed by atoms with Gasteiger partial charge in [-0.3, -0.25) is 14.9 Å². The maximum Gasteiger partial charge on any atom is 0.0607 e. The van der Waals surface area contributed by atoms with Gasteiger partial charge in [0.15, 0.2) is 0 Å². The molecule has 0 radical (unpaired) electrons. The summed E-state index contributed by atoms with van der Waals surface area (Å²) in [7, 11) is 0. The van der Waals surface area contributed by atoms with Gasteiger partial charge < -0.3 is 4.90 Å². The van der Waals surface area contributed by atoms with Crippen LogP contribution in [0.3, 0.4) is 0 Å². The fourth-order valence-electron chi connectivity index (χ4n) is 6.97. The molecule has 1 unspecified atom stereocenters. The number of fused-ring (bicyclic) bond motifs is 4. The Balaban J connectivity index is 1.09. The molecule has 0 amide bonds. The van der Waals surface area contributed by atoms with Crippen LogP contribution in [0.5, 0.6) is 0 Å². The Morgan fingerprint density at radius 3 is 2.37 bits per heavy atom. The number of benzene rings is 1. The molecule has 2 saturated carbocycles. The maximum atomic E-state index is 4.99. The van der Waals surface area contributed by atoms with Crippen LogP contribution in [0.2, 0.25) is 0 Å². The molecule has 2 aromatic heterocycles. The van der Waals surface area contributed by atoms with E-state index in [1.54, 1.807) is 0 Å². The van der Waals surface area contributed by atoms with Crippen LogP contribution in [0.25, 0.3) is 11.1 Å². The molecule has 0 N–H and O–H groups in total. The lowest BCUT2D eigenvalue weighted by molar-refractivity contribution is 0.156. The summed E-state index contributed by atoms with van der Waals surface area (Å²) in [6.07, 6.45) is 17.1. The van der Waals surface area contributed by atoms with E-state index in [4.69, 9.17) is 9.97 Å². The van der Waals surface area contributed by atoms with Crippen molar-refractivity contribution >= 4 is 0 Å². The highest BCUT2D eigenvalue weighted by atomic mass is 15.2. The van der Waals surface area contributed by atoms with Crippen molar-refractivity contribution in [3.8, 4) is 11.1 Å². The SMILES string of the molecule is c1ccc2c(c1)Cc1c-2ccnc1CN(CCCCN(CC1CC1)CC1CC1)C1CCCc2cccnc21. The lowest BCUT2D eigenvalue weighted by atomic mass is 9.90. The fraction of sp³-hybridized carbons (Fsp3) is 0.529. The summed E-state index contributed by atoms with van der Waals surface area (Å²) in [5, 5.41) is 0. The number of unbranched alkanes of at least 4 members (excludes halogenated alkanes) is 1. The van der Waals surface area contributed by atoms with Crippen LogP contribution in [0, 0.1) is 11.8 Å². The molecule has 198 valence electrons. The van der Waals surface area contributed by atoms with Crippen molar-refractivity contribution in [1.29, 1.82) is 0 Å². The first kappa shape index (κ1) is 24.5. The summed E-state index contributed by atoms with van der Waals surface area (Å²) >= 11 is 0. The van der Waals surface area contributed by atoms with E-state index in [2.05, 4.69) is 52.3 Å². The molecule has 4 aliphatic rings. The highest BCUT2D eigenvalue weighted by molar-refractivity contribution is 5.77. The molecule has 0 aliphatic heterocycles. The molecular weight excluding hydrogens is 464 g/mol. The van der Waals surface area contributed by atoms with Gasteiger partial charge in [-0.1, -0.05) is 30.3 Å². The average molecular weight is 507 g/mol. The first-order valence-corrected chi connectivity index (χ1v) is 15.3. The highest BCUT2D eigenvalue weighted by Crippen LogP contribution is 2.40. The largest absolute Gasteiger partial charge is 0.303 e. The molecule has 38 heavy (non-hydrogen) atoms. The number of pyridine rings is 2. The molecule has 1 atom stereocenters. The van der Waals surface area contributed by atoms with Crippen LogP contribution in [-0.2, 0) is 19.4 Å². The van der Waals surface area contributed by atoms with Crippen molar-refractivity contribution in [3.05, 3.63) is 82.9 Å². The van der Waals surface area contributed by atoms with Gasteiger partial charge in [-0.2, -0.15) is 0 Å². The minimum absolute atomic E-state index is 0.399. The lowest BCUT2D eigenvalue weighted by Gasteiger charge is -2.35. The Hall–Kier alpha value is -2.56. The summed E-state index contributed by atoms with van der Waals surface area (Å²) in [5.41, 5.74) is 9.71. The van der Waals surface area contributed by atoms with Crippen LogP contribution >= 0.6 is 0 Å². The summed E-state index contributed by atoms with van der Waals surface area (Å²) in [6.45, 7) is 6.02. The normalized spacial score (nSPS) is 20.0. The van der Waals surface area contributed by atoms with E-state index in [-0.39, 0.29) is 0 Å². The standard InChI is InChI=1S/C34H42N4/c1-2-10-29-28(7-1)21-31-30(29)16-18-35-32(31)24-38(33-11-5-8-27-9-6-17-36-34(27)33)20-4-3-19-37(22-25-12-13-25)23-26-14-15-26/h1-2,6-7,9-10,16-18,25-26,33H,3-5,8,11-15,19-24H2. The van der Waals surface area contributed by atoms with Gasteiger partial charge in [0, 0.05) is 38.4 Å². The Bertz CT molecular complexity index is 1250. The van der Waals surface area contributed by atoms with Gasteiger partial charge in [0.05, 0.1) is 17.4 Å². The Labute approximate surface area is 228 Å². The van der Waals surface area contributed by atoms with Crippen LogP contribution < -0.4 is 0 Å². The molecule has 2 fully saturated rings. The second kappa shape index (κ2) is 10.9. The van der Waals surface area contributed by atoms with Gasteiger partial charge in [0.2, 0.25) is 0 Å². The fourth-order valence-corrected chi connectivity index (χ4v) is 6.97. The van der Waals surface area contributed by atoms with E-state index in [1.807, 2.05) is 12.4 Å². The van der Waals surface area contributed by atoms with E-state index in [0.717, 1.165) is 31.3 Å². The third kappa shape index (κ3) is 5.44. The van der Waals surface area contributed by atoms with Gasteiger partial charge in [0.25, 0.3) is 0 Å². The average Bonchev–Trinajstić information content (AvgIpc) is 3.89. The van der Waals surface area contributed by atoms with E-state index >= 15 is 0 Å². The van der Waals surface area contributed by atoms with Crippen LogP contribution in [-0.4, -0.2) is 45.9 Å². The quantitative estimate of drug-likeness (QED) is 0.197. The zero-order valence-corrected chi connectivity index (χ0v) is 22.8. The van der Waals surface area contributed by atoms with Crippen molar-refractivity contribution < 1.29 is 0 Å². The molecule has 1 aromatic carbocycles. The van der Waals surface area contributed by atoms with E-state index in [0.29, 0.717) is 6.04 Å². The van der Waals surface area contributed by atoms with Crippen molar-refractivity contribution in [3.63, 3.8) is 0 Å². The van der Waals surface area contributed by atoms with Gasteiger partial charge in [-0.05, 0) is 123 Å². The van der Waals surface area contributed by atoms with Crippen molar-refractivity contribution in [1.82, 2.24) is 19.8 Å². The molecule has 4 aliphatic carbocycles. The van der Waals surface area contributed by atoms with Crippen molar-refractivity contribution in [2.45, 2.75) is 76.8 Å². The lowest BCUT2D eigenvalue weighted by Crippen LogP contribution is -2.34. The Morgan fingerprint density at radius 2 is 1.53 bits per heavy atom. The summed E-state index contributed by atoms with van der Waals surface area (Å²) in [5.74, 6) is 1.98. The van der Waals surface area contributed by atoms with Crippen LogP contribution in [0.15, 0.2) is 54.9 Å². The second-order valence-electron chi connectivity index (χ2n) is 12.4. The minimum Gasteiger partial charge on any atom is -0.303 e. The zero-order chi connectivity index (χ0) is 25.3. The number of aryl methyl sites for hydroxylation is 1. The highest BCUT2D eigenvalue weighted by Gasteiger charge is 2.31. The van der Waals surface area contributed by atoms with E-state index in [1.165, 1.54) is 117 Å².